The fourth-order valence-electron chi connectivity index (χ4n) is 2.61. The molecule has 0 aliphatic heterocycles. The van der Waals surface area contributed by atoms with Crippen molar-refractivity contribution < 1.29 is 9.18 Å². The fourth-order valence-corrected chi connectivity index (χ4v) is 2.61. The summed E-state index contributed by atoms with van der Waals surface area (Å²) in [5.41, 5.74) is 0.664. The number of halogens is 1. The molecule has 1 N–H and O–H groups in total. The number of nitrogens with one attached hydrogen (secondary N) is 1. The van der Waals surface area contributed by atoms with Crippen LogP contribution in [0.15, 0.2) is 24.3 Å². The summed E-state index contributed by atoms with van der Waals surface area (Å²) in [4.78, 5) is 18.7. The fraction of sp³-hybridized carbons (Fsp3) is 0.471. The molecule has 0 aliphatic carbocycles. The molecule has 0 radical (unpaired) electrons. The number of aryl methyl sites for hydroxylation is 1. The van der Waals surface area contributed by atoms with Crippen molar-refractivity contribution in [2.75, 3.05) is 19.6 Å². The summed E-state index contributed by atoms with van der Waals surface area (Å²) in [7, 11) is 0. The first kappa shape index (κ1) is 18.1. The van der Waals surface area contributed by atoms with E-state index in [0.29, 0.717) is 18.1 Å². The number of carbonyl (C=O) groups excluding carboxylic acids is 1. The maximum absolute atomic E-state index is 13.0. The van der Waals surface area contributed by atoms with Crippen LogP contribution in [0, 0.1) is 12.7 Å². The second kappa shape index (κ2) is 8.01. The van der Waals surface area contributed by atoms with E-state index in [0.717, 1.165) is 13.1 Å². The van der Waals surface area contributed by atoms with E-state index >= 15 is 0 Å². The number of benzene rings is 1. The lowest BCUT2D eigenvalue weighted by Crippen LogP contribution is -2.42. The SMILES string of the molecule is CCN(CC)[C@@H](C)CNC(=O)c1nc(C)n(-c2ccc(F)cc2)n1. The zero-order valence-corrected chi connectivity index (χ0v) is 14.6. The van der Waals surface area contributed by atoms with E-state index in [2.05, 4.69) is 41.1 Å². The van der Waals surface area contributed by atoms with Gasteiger partial charge < -0.3 is 5.32 Å². The lowest BCUT2D eigenvalue weighted by Gasteiger charge is -2.26. The van der Waals surface area contributed by atoms with Crippen molar-refractivity contribution in [3.05, 3.63) is 41.7 Å². The van der Waals surface area contributed by atoms with Crippen LogP contribution in [0.25, 0.3) is 5.69 Å². The first-order valence-corrected chi connectivity index (χ1v) is 8.18. The average molecular weight is 333 g/mol. The Morgan fingerprint density at radius 3 is 2.50 bits per heavy atom. The van der Waals surface area contributed by atoms with Gasteiger partial charge in [0.2, 0.25) is 5.82 Å². The molecule has 1 amide bonds. The zero-order valence-electron chi connectivity index (χ0n) is 14.6. The van der Waals surface area contributed by atoms with Crippen LogP contribution in [0.5, 0.6) is 0 Å². The molecule has 0 fully saturated rings. The molecule has 6 nitrogen and oxygen atoms in total. The minimum Gasteiger partial charge on any atom is -0.348 e. The number of hydrogen-bond donors (Lipinski definition) is 1. The van der Waals surface area contributed by atoms with Gasteiger partial charge in [-0.15, -0.1) is 5.10 Å². The highest BCUT2D eigenvalue weighted by atomic mass is 19.1. The van der Waals surface area contributed by atoms with E-state index in [1.54, 1.807) is 19.1 Å². The van der Waals surface area contributed by atoms with Gasteiger partial charge in [-0.25, -0.2) is 14.1 Å². The topological polar surface area (TPSA) is 63.1 Å². The lowest BCUT2D eigenvalue weighted by atomic mass is 10.2. The third-order valence-electron chi connectivity index (χ3n) is 4.04. The number of carbonyl (C=O) groups is 1. The molecule has 0 aliphatic rings. The Morgan fingerprint density at radius 2 is 1.92 bits per heavy atom. The highest BCUT2D eigenvalue weighted by Crippen LogP contribution is 2.10. The van der Waals surface area contributed by atoms with Gasteiger partial charge in [0.05, 0.1) is 5.69 Å². The monoisotopic (exact) mass is 333 g/mol. The maximum atomic E-state index is 13.0. The first-order valence-electron chi connectivity index (χ1n) is 8.18. The van der Waals surface area contributed by atoms with E-state index in [9.17, 15) is 9.18 Å². The minimum absolute atomic E-state index is 0.114. The third kappa shape index (κ3) is 4.17. The van der Waals surface area contributed by atoms with Gasteiger partial charge in [-0.2, -0.15) is 0 Å². The largest absolute Gasteiger partial charge is 0.348 e. The Labute approximate surface area is 141 Å². The summed E-state index contributed by atoms with van der Waals surface area (Å²) in [6, 6.07) is 6.14. The molecule has 130 valence electrons. The van der Waals surface area contributed by atoms with Crippen molar-refractivity contribution in [3.63, 3.8) is 0 Å². The molecular weight excluding hydrogens is 309 g/mol. The standard InChI is InChI=1S/C17H24FN5O/c1-5-22(6-2)12(3)11-19-17(24)16-20-13(4)23(21-16)15-9-7-14(18)8-10-15/h7-10,12H,5-6,11H2,1-4H3,(H,19,24)/t12-/m0/s1. The van der Waals surface area contributed by atoms with E-state index in [-0.39, 0.29) is 23.6 Å². The molecule has 2 aromatic rings. The van der Waals surface area contributed by atoms with Gasteiger partial charge in [-0.1, -0.05) is 13.8 Å². The lowest BCUT2D eigenvalue weighted by molar-refractivity contribution is 0.0927. The van der Waals surface area contributed by atoms with Crippen molar-refractivity contribution >= 4 is 5.91 Å². The van der Waals surface area contributed by atoms with E-state index in [4.69, 9.17) is 0 Å². The van der Waals surface area contributed by atoms with Crippen molar-refractivity contribution in [2.24, 2.45) is 0 Å². The number of nitrogens with zero attached hydrogens (tertiary/aromatic N) is 4. The van der Waals surface area contributed by atoms with Crippen LogP contribution in [0.4, 0.5) is 4.39 Å². The van der Waals surface area contributed by atoms with Crippen LogP contribution in [-0.2, 0) is 0 Å². The number of hydrogen-bond acceptors (Lipinski definition) is 4. The quantitative estimate of drug-likeness (QED) is 0.843. The van der Waals surface area contributed by atoms with Crippen LogP contribution < -0.4 is 5.32 Å². The molecule has 0 bridgehead atoms. The zero-order chi connectivity index (χ0) is 17.7. The van der Waals surface area contributed by atoms with Gasteiger partial charge in [0, 0.05) is 12.6 Å². The molecule has 0 saturated carbocycles. The summed E-state index contributed by atoms with van der Waals surface area (Å²) in [6.07, 6.45) is 0. The van der Waals surface area contributed by atoms with Gasteiger partial charge >= 0.3 is 0 Å². The number of rotatable bonds is 7. The molecule has 0 saturated heterocycles. The Hall–Kier alpha value is -2.28. The van der Waals surface area contributed by atoms with Gasteiger partial charge in [-0.3, -0.25) is 9.69 Å². The molecule has 1 atom stereocenters. The van der Waals surface area contributed by atoms with Crippen molar-refractivity contribution in [3.8, 4) is 5.69 Å². The second-order valence-corrected chi connectivity index (χ2v) is 5.65. The summed E-state index contributed by atoms with van der Waals surface area (Å²) in [6.45, 7) is 10.4. The molecule has 24 heavy (non-hydrogen) atoms. The third-order valence-corrected chi connectivity index (χ3v) is 4.04. The van der Waals surface area contributed by atoms with Crippen LogP contribution in [0.2, 0.25) is 0 Å². The van der Waals surface area contributed by atoms with Crippen molar-refractivity contribution in [2.45, 2.75) is 33.7 Å². The van der Waals surface area contributed by atoms with Gasteiger partial charge in [0.15, 0.2) is 0 Å². The Morgan fingerprint density at radius 1 is 1.29 bits per heavy atom. The molecule has 1 aromatic heterocycles. The van der Waals surface area contributed by atoms with Crippen LogP contribution in [0.1, 0.15) is 37.2 Å². The van der Waals surface area contributed by atoms with E-state index in [1.165, 1.54) is 16.8 Å². The molecule has 0 spiro atoms. The molecule has 1 aromatic carbocycles. The summed E-state index contributed by atoms with van der Waals surface area (Å²) in [5.74, 6) is 0.0602. The van der Waals surface area contributed by atoms with Gasteiger partial charge in [0.1, 0.15) is 11.6 Å². The van der Waals surface area contributed by atoms with E-state index < -0.39 is 0 Å². The first-order chi connectivity index (χ1) is 11.5. The van der Waals surface area contributed by atoms with Gasteiger partial charge in [-0.05, 0) is 51.2 Å². The summed E-state index contributed by atoms with van der Waals surface area (Å²) < 4.78 is 14.6. The second-order valence-electron chi connectivity index (χ2n) is 5.65. The van der Waals surface area contributed by atoms with Crippen LogP contribution in [0.3, 0.4) is 0 Å². The minimum atomic E-state index is -0.320. The smallest absolute Gasteiger partial charge is 0.291 e. The molecule has 0 unspecified atom stereocenters. The Kier molecular flexibility index (Phi) is 6.03. The van der Waals surface area contributed by atoms with Crippen LogP contribution >= 0.6 is 0 Å². The average Bonchev–Trinajstić information content (AvgIpc) is 2.96. The number of amides is 1. The van der Waals surface area contributed by atoms with Crippen molar-refractivity contribution in [1.82, 2.24) is 25.0 Å². The van der Waals surface area contributed by atoms with Crippen molar-refractivity contribution in [1.29, 1.82) is 0 Å². The van der Waals surface area contributed by atoms with E-state index in [1.807, 2.05) is 0 Å². The predicted octanol–water partition coefficient (Wildman–Crippen LogP) is 2.17. The molecule has 1 heterocycles. The summed E-state index contributed by atoms with van der Waals surface area (Å²) in [5, 5.41) is 7.10. The molecule has 2 rings (SSSR count). The molecular formula is C17H24FN5O. The Bertz CT molecular complexity index is 679. The number of aromatic nitrogens is 3. The van der Waals surface area contributed by atoms with Crippen LogP contribution in [-0.4, -0.2) is 51.2 Å². The Balaban J connectivity index is 2.06. The summed E-state index contributed by atoms with van der Waals surface area (Å²) >= 11 is 0. The highest BCUT2D eigenvalue weighted by molar-refractivity contribution is 5.90. The number of likely N-dealkylation sites (N-methyl/N-ethyl adjacent to an activating group) is 1. The maximum Gasteiger partial charge on any atom is 0.291 e. The normalized spacial score (nSPS) is 12.4. The molecule has 7 heteroatoms. The van der Waals surface area contributed by atoms with Gasteiger partial charge in [0.25, 0.3) is 5.91 Å². The highest BCUT2D eigenvalue weighted by Gasteiger charge is 2.17. The predicted molar refractivity (Wildman–Crippen MR) is 90.8 cm³/mol.